The van der Waals surface area contributed by atoms with Crippen LogP contribution in [0.25, 0.3) is 11.6 Å². The zero-order valence-corrected chi connectivity index (χ0v) is 22.4. The van der Waals surface area contributed by atoms with Gasteiger partial charge in [0.2, 0.25) is 0 Å². The van der Waals surface area contributed by atoms with Crippen molar-refractivity contribution in [2.24, 2.45) is 0 Å². The van der Waals surface area contributed by atoms with Gasteiger partial charge in [-0.3, -0.25) is 9.80 Å². The standard InChI is InChI=1S/C31H41FN4O/c1-23(2)34-12-14-36(15-13-34)31(21-37-22-31)20-33-29-8-10-35(11-9-29)30-5-3-4-24(19-30)26-16-25-6-7-28(32)18-27(25)17-26/h3-7,17-19,23,29,33H,8-16,20-22H2,1-2H3. The molecule has 0 unspecified atom stereocenters. The summed E-state index contributed by atoms with van der Waals surface area (Å²) < 4.78 is 19.4. The number of nitrogens with zero attached hydrogens (tertiary/aromatic N) is 3. The van der Waals surface area contributed by atoms with E-state index in [1.54, 1.807) is 12.1 Å². The van der Waals surface area contributed by atoms with E-state index < -0.39 is 0 Å². The van der Waals surface area contributed by atoms with Crippen molar-refractivity contribution in [3.63, 3.8) is 0 Å². The van der Waals surface area contributed by atoms with Crippen LogP contribution in [0.2, 0.25) is 0 Å². The summed E-state index contributed by atoms with van der Waals surface area (Å²) >= 11 is 0. The third kappa shape index (κ3) is 5.22. The molecule has 0 atom stereocenters. The minimum Gasteiger partial charge on any atom is -0.377 e. The molecule has 2 aromatic rings. The summed E-state index contributed by atoms with van der Waals surface area (Å²) in [6.07, 6.45) is 5.35. The lowest BCUT2D eigenvalue weighted by Gasteiger charge is -2.53. The van der Waals surface area contributed by atoms with Gasteiger partial charge in [-0.2, -0.15) is 0 Å². The van der Waals surface area contributed by atoms with Crippen molar-refractivity contribution in [1.82, 2.24) is 15.1 Å². The van der Waals surface area contributed by atoms with Crippen LogP contribution in [-0.4, -0.2) is 86.4 Å². The van der Waals surface area contributed by atoms with Crippen molar-refractivity contribution in [3.05, 3.63) is 65.0 Å². The number of piperazine rings is 1. The second-order valence-electron chi connectivity index (χ2n) is 11.7. The molecule has 5 nitrogen and oxygen atoms in total. The van der Waals surface area contributed by atoms with Crippen molar-refractivity contribution in [2.75, 3.05) is 63.9 Å². The Morgan fingerprint density at radius 1 is 1.00 bits per heavy atom. The van der Waals surface area contributed by atoms with Crippen molar-refractivity contribution in [1.29, 1.82) is 0 Å². The molecule has 2 aromatic carbocycles. The van der Waals surface area contributed by atoms with Gasteiger partial charge in [0.05, 0.1) is 18.8 Å². The summed E-state index contributed by atoms with van der Waals surface area (Å²) in [6, 6.07) is 15.2. The SMILES string of the molecule is CC(C)N1CCN(C2(CNC3CCN(c4cccc(C5=Cc6cc(F)ccc6C5)c4)CC3)COC2)CC1. The molecule has 3 heterocycles. The predicted molar refractivity (Wildman–Crippen MR) is 149 cm³/mol. The van der Waals surface area contributed by atoms with E-state index in [1.165, 1.54) is 22.4 Å². The fourth-order valence-corrected chi connectivity index (χ4v) is 6.52. The number of anilines is 1. The van der Waals surface area contributed by atoms with Crippen LogP contribution >= 0.6 is 0 Å². The highest BCUT2D eigenvalue weighted by atomic mass is 19.1. The van der Waals surface area contributed by atoms with E-state index in [0.29, 0.717) is 12.1 Å². The number of halogens is 1. The average molecular weight is 505 g/mol. The molecule has 0 radical (unpaired) electrons. The van der Waals surface area contributed by atoms with Gasteiger partial charge in [0.1, 0.15) is 5.82 Å². The molecule has 3 aliphatic heterocycles. The van der Waals surface area contributed by atoms with E-state index in [9.17, 15) is 4.39 Å². The molecule has 37 heavy (non-hydrogen) atoms. The van der Waals surface area contributed by atoms with Crippen LogP contribution in [0.3, 0.4) is 0 Å². The molecule has 198 valence electrons. The number of piperidine rings is 1. The first-order chi connectivity index (χ1) is 18.0. The van der Waals surface area contributed by atoms with E-state index in [-0.39, 0.29) is 11.4 Å². The largest absolute Gasteiger partial charge is 0.377 e. The van der Waals surface area contributed by atoms with Crippen LogP contribution in [0.1, 0.15) is 43.4 Å². The lowest BCUT2D eigenvalue weighted by molar-refractivity contribution is -0.149. The number of nitrogens with one attached hydrogen (secondary N) is 1. The minimum atomic E-state index is -0.161. The first-order valence-corrected chi connectivity index (χ1v) is 14.1. The maximum Gasteiger partial charge on any atom is 0.123 e. The van der Waals surface area contributed by atoms with Crippen LogP contribution in [0, 0.1) is 5.82 Å². The highest BCUT2D eigenvalue weighted by Crippen LogP contribution is 2.34. The fourth-order valence-electron chi connectivity index (χ4n) is 6.52. The second-order valence-corrected chi connectivity index (χ2v) is 11.7. The Morgan fingerprint density at radius 2 is 1.78 bits per heavy atom. The third-order valence-electron chi connectivity index (χ3n) is 9.07. The Bertz CT molecular complexity index is 1130. The third-order valence-corrected chi connectivity index (χ3v) is 9.07. The van der Waals surface area contributed by atoms with E-state index in [0.717, 1.165) is 83.9 Å². The van der Waals surface area contributed by atoms with Gasteiger partial charge >= 0.3 is 0 Å². The summed E-state index contributed by atoms with van der Waals surface area (Å²) in [6.45, 7) is 14.1. The van der Waals surface area contributed by atoms with Gasteiger partial charge in [-0.25, -0.2) is 4.39 Å². The van der Waals surface area contributed by atoms with E-state index in [1.807, 2.05) is 6.07 Å². The summed E-state index contributed by atoms with van der Waals surface area (Å²) in [4.78, 5) is 7.80. The molecule has 1 N–H and O–H groups in total. The number of ether oxygens (including phenoxy) is 1. The number of fused-ring (bicyclic) bond motifs is 1. The minimum absolute atomic E-state index is 0.161. The van der Waals surface area contributed by atoms with E-state index in [4.69, 9.17) is 4.74 Å². The maximum atomic E-state index is 13.7. The van der Waals surface area contributed by atoms with Crippen LogP contribution in [-0.2, 0) is 11.2 Å². The molecule has 6 rings (SSSR count). The number of allylic oxidation sites excluding steroid dienone is 1. The van der Waals surface area contributed by atoms with Gasteiger partial charge in [-0.05, 0) is 79.6 Å². The molecule has 0 bridgehead atoms. The number of hydrogen-bond donors (Lipinski definition) is 1. The first kappa shape index (κ1) is 25.1. The Balaban J connectivity index is 1.02. The molecule has 3 fully saturated rings. The van der Waals surface area contributed by atoms with Crippen molar-refractivity contribution >= 4 is 17.3 Å². The van der Waals surface area contributed by atoms with Crippen LogP contribution in [0.5, 0.6) is 0 Å². The molecule has 6 heteroatoms. The Kier molecular flexibility index (Phi) is 7.10. The van der Waals surface area contributed by atoms with Gasteiger partial charge in [0.15, 0.2) is 0 Å². The summed E-state index contributed by atoms with van der Waals surface area (Å²) in [7, 11) is 0. The Morgan fingerprint density at radius 3 is 2.49 bits per heavy atom. The summed E-state index contributed by atoms with van der Waals surface area (Å²) in [5.41, 5.74) is 6.24. The van der Waals surface area contributed by atoms with E-state index in [2.05, 4.69) is 64.2 Å². The normalized spacial score (nSPS) is 22.7. The van der Waals surface area contributed by atoms with Crippen LogP contribution in [0.4, 0.5) is 10.1 Å². The molecule has 0 spiro atoms. The Hall–Kier alpha value is -2.25. The van der Waals surface area contributed by atoms with Gasteiger partial charge in [-0.1, -0.05) is 24.3 Å². The molecule has 0 saturated carbocycles. The lowest BCUT2D eigenvalue weighted by Crippen LogP contribution is -2.70. The monoisotopic (exact) mass is 504 g/mol. The van der Waals surface area contributed by atoms with Gasteiger partial charge in [0, 0.05) is 63.6 Å². The fraction of sp³-hybridized carbons (Fsp3) is 0.548. The molecular formula is C31H41FN4O. The number of rotatable bonds is 7. The van der Waals surface area contributed by atoms with Crippen molar-refractivity contribution in [2.45, 2.75) is 50.7 Å². The zero-order chi connectivity index (χ0) is 25.4. The number of hydrogen-bond acceptors (Lipinski definition) is 5. The van der Waals surface area contributed by atoms with Gasteiger partial charge < -0.3 is 15.0 Å². The highest BCUT2D eigenvalue weighted by molar-refractivity contribution is 5.89. The topological polar surface area (TPSA) is 31.0 Å². The van der Waals surface area contributed by atoms with Crippen molar-refractivity contribution < 1.29 is 9.13 Å². The number of benzene rings is 2. The van der Waals surface area contributed by atoms with Crippen molar-refractivity contribution in [3.8, 4) is 0 Å². The molecule has 3 saturated heterocycles. The maximum absolute atomic E-state index is 13.7. The van der Waals surface area contributed by atoms with E-state index >= 15 is 0 Å². The molecule has 0 amide bonds. The summed E-state index contributed by atoms with van der Waals surface area (Å²) in [5.74, 6) is -0.161. The quantitative estimate of drug-likeness (QED) is 0.609. The molecule has 0 aromatic heterocycles. The average Bonchev–Trinajstić information content (AvgIpc) is 3.32. The van der Waals surface area contributed by atoms with Gasteiger partial charge in [-0.15, -0.1) is 0 Å². The zero-order valence-electron chi connectivity index (χ0n) is 22.4. The molecule has 4 aliphatic rings. The molecular weight excluding hydrogens is 463 g/mol. The van der Waals surface area contributed by atoms with Crippen LogP contribution in [0.15, 0.2) is 42.5 Å². The Labute approximate surface area is 221 Å². The summed E-state index contributed by atoms with van der Waals surface area (Å²) in [5, 5.41) is 3.94. The van der Waals surface area contributed by atoms with Gasteiger partial charge in [0.25, 0.3) is 0 Å². The smallest absolute Gasteiger partial charge is 0.123 e. The lowest BCUT2D eigenvalue weighted by atomic mass is 9.92. The molecule has 1 aliphatic carbocycles. The highest BCUT2D eigenvalue weighted by Gasteiger charge is 2.45. The predicted octanol–water partition coefficient (Wildman–Crippen LogP) is 4.28. The van der Waals surface area contributed by atoms with Crippen LogP contribution < -0.4 is 10.2 Å². The second kappa shape index (κ2) is 10.5. The first-order valence-electron chi connectivity index (χ1n) is 14.1.